The van der Waals surface area contributed by atoms with E-state index in [1.165, 1.54) is 0 Å². The van der Waals surface area contributed by atoms with E-state index in [0.717, 1.165) is 25.1 Å². The first-order valence-corrected chi connectivity index (χ1v) is 18.0. The van der Waals surface area contributed by atoms with E-state index in [1.807, 2.05) is 66.7 Å². The Bertz CT molecular complexity index is 1130. The molecule has 1 aromatic rings. The molecule has 1 saturated heterocycles. The summed E-state index contributed by atoms with van der Waals surface area (Å²) in [7, 11) is 3.29. The van der Waals surface area contributed by atoms with Crippen molar-refractivity contribution in [3.8, 4) is 11.5 Å². The first-order chi connectivity index (χ1) is 22.9. The first-order valence-electron chi connectivity index (χ1n) is 18.0. The number of benzene rings is 1. The highest BCUT2D eigenvalue weighted by molar-refractivity contribution is 5.79. The number of carbonyl (C=O) groups is 2. The fourth-order valence-corrected chi connectivity index (χ4v) is 6.23. The van der Waals surface area contributed by atoms with Gasteiger partial charge in [0, 0.05) is 51.2 Å². The minimum absolute atomic E-state index is 0.0292. The van der Waals surface area contributed by atoms with Gasteiger partial charge in [-0.05, 0) is 89.3 Å². The second kappa shape index (κ2) is 20.3. The summed E-state index contributed by atoms with van der Waals surface area (Å²) >= 11 is 0. The molecular formula is C38H67N3O8. The van der Waals surface area contributed by atoms with Crippen molar-refractivity contribution in [2.75, 3.05) is 60.3 Å². The molecule has 0 unspecified atom stereocenters. The topological polar surface area (TPSA) is 128 Å². The number of nitrogens with one attached hydrogen (secondary N) is 2. The van der Waals surface area contributed by atoms with Crippen molar-refractivity contribution in [1.29, 1.82) is 0 Å². The van der Waals surface area contributed by atoms with Gasteiger partial charge in [0.2, 0.25) is 5.91 Å². The zero-order chi connectivity index (χ0) is 36.8. The van der Waals surface area contributed by atoms with Gasteiger partial charge in [-0.25, -0.2) is 4.79 Å². The van der Waals surface area contributed by atoms with E-state index in [1.54, 1.807) is 14.2 Å². The lowest BCUT2D eigenvalue weighted by Crippen LogP contribution is -2.55. The lowest BCUT2D eigenvalue weighted by Gasteiger charge is -2.37. The second-order valence-corrected chi connectivity index (χ2v) is 15.8. The average molecular weight is 694 g/mol. The van der Waals surface area contributed by atoms with Crippen molar-refractivity contribution in [2.24, 2.45) is 23.7 Å². The Morgan fingerprint density at radius 1 is 0.959 bits per heavy atom. The second-order valence-electron chi connectivity index (χ2n) is 15.8. The smallest absolute Gasteiger partial charge is 0.407 e. The molecule has 1 aliphatic rings. The van der Waals surface area contributed by atoms with Crippen LogP contribution in [-0.4, -0.2) is 106 Å². The molecule has 0 aromatic heterocycles. The molecule has 11 heteroatoms. The average Bonchev–Trinajstić information content (AvgIpc) is 3.00. The Balaban J connectivity index is 2.27. The monoisotopic (exact) mass is 693 g/mol. The molecule has 0 saturated carbocycles. The number of alkyl carbamates (subject to hydrolysis) is 1. The number of aliphatic hydroxyl groups excluding tert-OH is 1. The Morgan fingerprint density at radius 2 is 1.63 bits per heavy atom. The minimum Gasteiger partial charge on any atom is -0.493 e. The predicted octanol–water partition coefficient (Wildman–Crippen LogP) is 5.46. The summed E-state index contributed by atoms with van der Waals surface area (Å²) < 4.78 is 27.8. The molecule has 49 heavy (non-hydrogen) atoms. The molecule has 1 fully saturated rings. The predicted molar refractivity (Wildman–Crippen MR) is 193 cm³/mol. The lowest BCUT2D eigenvalue weighted by molar-refractivity contribution is -0.129. The summed E-state index contributed by atoms with van der Waals surface area (Å²) in [5, 5.41) is 18.1. The van der Waals surface area contributed by atoms with Crippen LogP contribution in [0.25, 0.3) is 0 Å². The summed E-state index contributed by atoms with van der Waals surface area (Å²) in [5.41, 5.74) is -0.103. The van der Waals surface area contributed by atoms with Gasteiger partial charge in [-0.15, -0.1) is 0 Å². The van der Waals surface area contributed by atoms with Crippen LogP contribution in [0.2, 0.25) is 0 Å². The fraction of sp³-hybridized carbons (Fsp3) is 0.789. The van der Waals surface area contributed by atoms with E-state index < -0.39 is 35.3 Å². The molecule has 1 aromatic carbocycles. The molecule has 1 heterocycles. The van der Waals surface area contributed by atoms with Gasteiger partial charge in [-0.1, -0.05) is 33.8 Å². The van der Waals surface area contributed by atoms with Crippen LogP contribution >= 0.6 is 0 Å². The lowest BCUT2D eigenvalue weighted by atomic mass is 9.80. The van der Waals surface area contributed by atoms with Gasteiger partial charge < -0.3 is 39.4 Å². The van der Waals surface area contributed by atoms with Crippen LogP contribution < -0.4 is 20.1 Å². The number of carbonyl (C=O) groups excluding carboxylic acids is 2. The molecule has 0 aliphatic carbocycles. The Hall–Kier alpha value is -2.60. The van der Waals surface area contributed by atoms with Crippen LogP contribution in [0.4, 0.5) is 4.79 Å². The molecule has 2 rings (SSSR count). The Morgan fingerprint density at radius 3 is 2.20 bits per heavy atom. The van der Waals surface area contributed by atoms with Crippen LogP contribution in [0.5, 0.6) is 11.5 Å². The maximum absolute atomic E-state index is 13.8. The highest BCUT2D eigenvalue weighted by atomic mass is 16.6. The van der Waals surface area contributed by atoms with E-state index in [9.17, 15) is 14.7 Å². The van der Waals surface area contributed by atoms with Crippen LogP contribution in [-0.2, 0) is 25.4 Å². The fourth-order valence-electron chi connectivity index (χ4n) is 6.23. The number of hydrogen-bond acceptors (Lipinski definition) is 9. The van der Waals surface area contributed by atoms with E-state index in [4.69, 9.17) is 23.7 Å². The Labute approximate surface area is 296 Å². The summed E-state index contributed by atoms with van der Waals surface area (Å²) in [6, 6.07) is 5.31. The summed E-state index contributed by atoms with van der Waals surface area (Å²) in [6.07, 6.45) is 0.569. The first kappa shape index (κ1) is 42.6. The van der Waals surface area contributed by atoms with Crippen molar-refractivity contribution in [1.82, 2.24) is 15.5 Å². The SMILES string of the molecule is COCCCOc1cc(C[C@@H](C[C@H](NC(=O)OC(C)(C)C)[C@@H](O)C[C@H](C(=O)NC(C)(C)CN2CCOCC2)C(C)C)C(C)C)ccc1OC. The molecule has 0 bridgehead atoms. The molecule has 1 aliphatic heterocycles. The molecule has 2 amide bonds. The maximum atomic E-state index is 13.8. The number of aliphatic hydroxyl groups is 1. The zero-order valence-corrected chi connectivity index (χ0v) is 32.2. The summed E-state index contributed by atoms with van der Waals surface area (Å²) in [5.74, 6) is 1.06. The third-order valence-corrected chi connectivity index (χ3v) is 8.96. The van der Waals surface area contributed by atoms with Crippen LogP contribution in [0.1, 0.15) is 87.1 Å². The normalized spacial score (nSPS) is 16.9. The molecule has 282 valence electrons. The third kappa shape index (κ3) is 15.9. The van der Waals surface area contributed by atoms with Gasteiger partial charge in [0.15, 0.2) is 11.5 Å². The standard InChI is InChI=1S/C38H67N3O8/c1-26(2)29(21-28-13-14-33(46-11)34(22-28)48-18-12-17-45-10)23-31(39-36(44)49-37(5,6)7)32(42)24-30(27(3)4)35(43)40-38(8,9)25-41-15-19-47-20-16-41/h13-14,22,26-27,29-32,42H,12,15-21,23-25H2,1-11H3,(H,39,44)(H,40,43)/t29-,30-,31-,32-/m0/s1. The van der Waals surface area contributed by atoms with Gasteiger partial charge in [-0.2, -0.15) is 0 Å². The number of morpholine rings is 1. The van der Waals surface area contributed by atoms with Crippen molar-refractivity contribution >= 4 is 12.0 Å². The summed E-state index contributed by atoms with van der Waals surface area (Å²) in [6.45, 7) is 22.7. The van der Waals surface area contributed by atoms with E-state index >= 15 is 0 Å². The van der Waals surface area contributed by atoms with E-state index in [-0.39, 0.29) is 30.1 Å². The molecule has 3 N–H and O–H groups in total. The van der Waals surface area contributed by atoms with E-state index in [0.29, 0.717) is 57.3 Å². The van der Waals surface area contributed by atoms with Crippen LogP contribution in [0.3, 0.4) is 0 Å². The number of rotatable bonds is 20. The molecule has 11 nitrogen and oxygen atoms in total. The van der Waals surface area contributed by atoms with Crippen molar-refractivity contribution in [3.05, 3.63) is 23.8 Å². The number of amides is 2. The van der Waals surface area contributed by atoms with Gasteiger partial charge in [0.05, 0.1) is 39.1 Å². The third-order valence-electron chi connectivity index (χ3n) is 8.96. The number of hydrogen-bond donors (Lipinski definition) is 3. The highest BCUT2D eigenvalue weighted by Gasteiger charge is 2.35. The zero-order valence-electron chi connectivity index (χ0n) is 32.2. The van der Waals surface area contributed by atoms with Crippen molar-refractivity contribution in [2.45, 2.75) is 111 Å². The Kier molecular flexibility index (Phi) is 17.6. The van der Waals surface area contributed by atoms with Gasteiger partial charge >= 0.3 is 6.09 Å². The molecule has 0 radical (unpaired) electrons. The largest absolute Gasteiger partial charge is 0.493 e. The van der Waals surface area contributed by atoms with Crippen LogP contribution in [0, 0.1) is 23.7 Å². The van der Waals surface area contributed by atoms with Gasteiger partial charge in [-0.3, -0.25) is 9.69 Å². The number of ether oxygens (including phenoxy) is 5. The molecular weight excluding hydrogens is 626 g/mol. The quantitative estimate of drug-likeness (QED) is 0.153. The minimum atomic E-state index is -0.982. The number of methoxy groups -OCH3 is 2. The number of nitrogens with zero attached hydrogens (tertiary/aromatic N) is 1. The summed E-state index contributed by atoms with van der Waals surface area (Å²) in [4.78, 5) is 29.2. The van der Waals surface area contributed by atoms with Gasteiger partial charge in [0.25, 0.3) is 0 Å². The van der Waals surface area contributed by atoms with Crippen molar-refractivity contribution < 1.29 is 38.4 Å². The molecule has 0 spiro atoms. The maximum Gasteiger partial charge on any atom is 0.407 e. The van der Waals surface area contributed by atoms with E-state index in [2.05, 4.69) is 29.4 Å². The molecule has 4 atom stereocenters. The highest BCUT2D eigenvalue weighted by Crippen LogP contribution is 2.32. The van der Waals surface area contributed by atoms with Crippen molar-refractivity contribution in [3.63, 3.8) is 0 Å². The van der Waals surface area contributed by atoms with Gasteiger partial charge in [0.1, 0.15) is 5.60 Å². The van der Waals surface area contributed by atoms with Crippen LogP contribution in [0.15, 0.2) is 18.2 Å².